The number of nitrogens with one attached hydrogen (secondary N) is 2. The molecule has 146 valence electrons. The minimum Gasteiger partial charge on any atom is -0.368 e. The number of aromatic nitrogens is 1. The minimum absolute atomic E-state index is 0.0116. The first-order chi connectivity index (χ1) is 13.5. The summed E-state index contributed by atoms with van der Waals surface area (Å²) < 4.78 is 0. The molecule has 0 unspecified atom stereocenters. The van der Waals surface area contributed by atoms with E-state index in [1.165, 1.54) is 0 Å². The van der Waals surface area contributed by atoms with E-state index in [4.69, 9.17) is 5.26 Å². The van der Waals surface area contributed by atoms with E-state index in [0.717, 1.165) is 29.8 Å². The van der Waals surface area contributed by atoms with Gasteiger partial charge in [-0.1, -0.05) is 30.3 Å². The van der Waals surface area contributed by atoms with Crippen LogP contribution in [0.3, 0.4) is 0 Å². The second-order valence-corrected chi connectivity index (χ2v) is 7.76. The van der Waals surface area contributed by atoms with E-state index in [1.54, 1.807) is 4.90 Å². The summed E-state index contributed by atoms with van der Waals surface area (Å²) in [4.78, 5) is 18.6. The van der Waals surface area contributed by atoms with Gasteiger partial charge in [0.05, 0.1) is 12.6 Å². The first-order valence-electron chi connectivity index (χ1n) is 9.68. The molecule has 1 aliphatic rings. The van der Waals surface area contributed by atoms with E-state index in [1.807, 2.05) is 50.4 Å². The number of likely N-dealkylation sites (tertiary alicyclic amines) is 1. The van der Waals surface area contributed by atoms with Gasteiger partial charge in [0, 0.05) is 30.4 Å². The molecule has 1 aliphatic heterocycles. The maximum absolute atomic E-state index is 12.4. The van der Waals surface area contributed by atoms with Gasteiger partial charge in [0.15, 0.2) is 0 Å². The lowest BCUT2D eigenvalue weighted by atomic mass is 10.1. The largest absolute Gasteiger partial charge is 0.368 e. The van der Waals surface area contributed by atoms with Crippen molar-refractivity contribution < 1.29 is 4.79 Å². The van der Waals surface area contributed by atoms with Crippen molar-refractivity contribution in [2.45, 2.75) is 38.3 Å². The number of hydrogen-bond acceptors (Lipinski definition) is 5. The Kier molecular flexibility index (Phi) is 6.27. The zero-order valence-electron chi connectivity index (χ0n) is 16.5. The lowest BCUT2D eigenvalue weighted by Crippen LogP contribution is -2.50. The smallest absolute Gasteiger partial charge is 0.237 e. The Morgan fingerprint density at radius 1 is 1.25 bits per heavy atom. The molecule has 6 heteroatoms. The van der Waals surface area contributed by atoms with Crippen LogP contribution < -0.4 is 10.6 Å². The molecular weight excluding hydrogens is 350 g/mol. The fourth-order valence-electron chi connectivity index (χ4n) is 3.29. The number of anilines is 1. The Bertz CT molecular complexity index is 826. The predicted octanol–water partition coefficient (Wildman–Crippen LogP) is 3.04. The second kappa shape index (κ2) is 8.85. The van der Waals surface area contributed by atoms with Crippen LogP contribution in [0.2, 0.25) is 0 Å². The predicted molar refractivity (Wildman–Crippen MR) is 111 cm³/mol. The summed E-state index contributed by atoms with van der Waals surface area (Å²) in [5, 5.41) is 15.8. The zero-order chi connectivity index (χ0) is 20.0. The number of pyridine rings is 1. The quantitative estimate of drug-likeness (QED) is 0.775. The van der Waals surface area contributed by atoms with Crippen molar-refractivity contribution in [3.05, 3.63) is 48.7 Å². The molecule has 3 rings (SSSR count). The molecule has 6 nitrogen and oxygen atoms in total. The number of nitriles is 1. The highest BCUT2D eigenvalue weighted by Crippen LogP contribution is 2.19. The van der Waals surface area contributed by atoms with E-state index in [9.17, 15) is 4.79 Å². The number of amides is 1. The number of benzene rings is 1. The van der Waals surface area contributed by atoms with Crippen molar-refractivity contribution >= 4 is 11.7 Å². The van der Waals surface area contributed by atoms with Crippen LogP contribution in [0.5, 0.6) is 0 Å². The molecule has 2 N–H and O–H groups in total. The fourth-order valence-corrected chi connectivity index (χ4v) is 3.29. The highest BCUT2D eigenvalue weighted by Gasteiger charge is 2.29. The number of rotatable bonds is 7. The van der Waals surface area contributed by atoms with E-state index >= 15 is 0 Å². The molecule has 1 amide bonds. The van der Waals surface area contributed by atoms with Gasteiger partial charge >= 0.3 is 0 Å². The van der Waals surface area contributed by atoms with Crippen LogP contribution in [0.1, 0.15) is 26.7 Å². The van der Waals surface area contributed by atoms with Gasteiger partial charge in [-0.2, -0.15) is 5.26 Å². The number of carbonyl (C=O) groups excluding carboxylic acids is 1. The summed E-state index contributed by atoms with van der Waals surface area (Å²) in [5.41, 5.74) is 1.92. The molecule has 1 saturated heterocycles. The highest BCUT2D eigenvalue weighted by atomic mass is 16.2. The van der Waals surface area contributed by atoms with Gasteiger partial charge in [-0.25, -0.2) is 4.98 Å². The van der Waals surface area contributed by atoms with Crippen molar-refractivity contribution in [1.82, 2.24) is 15.2 Å². The number of carbonyl (C=O) groups is 1. The van der Waals surface area contributed by atoms with Gasteiger partial charge < -0.3 is 15.5 Å². The van der Waals surface area contributed by atoms with Gasteiger partial charge in [0.2, 0.25) is 5.91 Å². The molecule has 1 atom stereocenters. The average molecular weight is 377 g/mol. The molecule has 2 heterocycles. The Morgan fingerprint density at radius 2 is 2.04 bits per heavy atom. The number of nitrogens with zero attached hydrogens (tertiary/aromatic N) is 3. The van der Waals surface area contributed by atoms with Crippen LogP contribution >= 0.6 is 0 Å². The van der Waals surface area contributed by atoms with Gasteiger partial charge in [0.25, 0.3) is 0 Å². The molecule has 0 spiro atoms. The van der Waals surface area contributed by atoms with Gasteiger partial charge in [-0.3, -0.25) is 4.79 Å². The van der Waals surface area contributed by atoms with Crippen LogP contribution in [0.4, 0.5) is 5.82 Å². The van der Waals surface area contributed by atoms with E-state index in [-0.39, 0.29) is 24.0 Å². The number of hydrogen-bond donors (Lipinski definition) is 2. The molecule has 1 aromatic carbocycles. The van der Waals surface area contributed by atoms with Crippen LogP contribution in [-0.2, 0) is 4.79 Å². The van der Waals surface area contributed by atoms with Crippen molar-refractivity contribution in [2.75, 3.05) is 25.0 Å². The molecule has 0 aliphatic carbocycles. The summed E-state index contributed by atoms with van der Waals surface area (Å²) in [7, 11) is 0. The summed E-state index contributed by atoms with van der Waals surface area (Å²) in [6, 6.07) is 16.1. The summed E-state index contributed by atoms with van der Waals surface area (Å²) in [6.45, 7) is 5.61. The summed E-state index contributed by atoms with van der Waals surface area (Å²) in [6.07, 6.45) is 3.54. The average Bonchev–Trinajstić information content (AvgIpc) is 3.21. The first kappa shape index (κ1) is 19.8. The highest BCUT2D eigenvalue weighted by molar-refractivity contribution is 5.79. The van der Waals surface area contributed by atoms with Gasteiger partial charge in [0.1, 0.15) is 11.9 Å². The van der Waals surface area contributed by atoms with E-state index in [0.29, 0.717) is 13.1 Å². The molecule has 0 bridgehead atoms. The SMILES string of the molecule is CC(C)(CNc1ccc(-c2ccccc2)cn1)NCC(=O)N1CCC[C@H]1C#N. The molecule has 2 aromatic rings. The Labute approximate surface area is 166 Å². The van der Waals surface area contributed by atoms with Gasteiger partial charge in [-0.15, -0.1) is 0 Å². The summed E-state index contributed by atoms with van der Waals surface area (Å²) >= 11 is 0. The fraction of sp³-hybridized carbons (Fsp3) is 0.409. The molecule has 1 fully saturated rings. The topological polar surface area (TPSA) is 81.1 Å². The third-order valence-corrected chi connectivity index (χ3v) is 5.02. The monoisotopic (exact) mass is 377 g/mol. The van der Waals surface area contributed by atoms with Crippen molar-refractivity contribution in [3.8, 4) is 17.2 Å². The van der Waals surface area contributed by atoms with Crippen LogP contribution in [0.15, 0.2) is 48.7 Å². The van der Waals surface area contributed by atoms with Crippen LogP contribution in [-0.4, -0.2) is 47.0 Å². The zero-order valence-corrected chi connectivity index (χ0v) is 16.5. The molecule has 0 saturated carbocycles. The van der Waals surface area contributed by atoms with E-state index in [2.05, 4.69) is 33.8 Å². The normalized spacial score (nSPS) is 16.6. The van der Waals surface area contributed by atoms with Crippen molar-refractivity contribution in [3.63, 3.8) is 0 Å². The lowest BCUT2D eigenvalue weighted by molar-refractivity contribution is -0.130. The lowest BCUT2D eigenvalue weighted by Gasteiger charge is -2.28. The second-order valence-electron chi connectivity index (χ2n) is 7.76. The third kappa shape index (κ3) is 5.08. The molecular formula is C22H27N5O. The minimum atomic E-state index is -0.294. The Hall–Kier alpha value is -2.91. The standard InChI is InChI=1S/C22H27N5O/c1-22(2,26-15-21(28)27-12-6-9-19(27)13-23)16-25-20-11-10-18(14-24-20)17-7-4-3-5-8-17/h3-5,7-8,10-11,14,19,26H,6,9,12,15-16H2,1-2H3,(H,24,25)/t19-/m0/s1. The van der Waals surface area contributed by atoms with Crippen molar-refractivity contribution in [1.29, 1.82) is 5.26 Å². The van der Waals surface area contributed by atoms with E-state index < -0.39 is 0 Å². The third-order valence-electron chi connectivity index (χ3n) is 5.02. The maximum Gasteiger partial charge on any atom is 0.237 e. The van der Waals surface area contributed by atoms with Gasteiger partial charge in [-0.05, 0) is 44.4 Å². The molecule has 1 aromatic heterocycles. The summed E-state index contributed by atoms with van der Waals surface area (Å²) in [5.74, 6) is 0.785. The Balaban J connectivity index is 1.49. The molecule has 28 heavy (non-hydrogen) atoms. The van der Waals surface area contributed by atoms with Crippen LogP contribution in [0.25, 0.3) is 11.1 Å². The van der Waals surface area contributed by atoms with Crippen molar-refractivity contribution in [2.24, 2.45) is 0 Å². The Morgan fingerprint density at radius 3 is 2.71 bits per heavy atom. The first-order valence-corrected chi connectivity index (χ1v) is 9.68. The molecule has 0 radical (unpaired) electrons. The van der Waals surface area contributed by atoms with Crippen LogP contribution in [0, 0.1) is 11.3 Å². The maximum atomic E-state index is 12.4.